The van der Waals surface area contributed by atoms with E-state index in [0.29, 0.717) is 44.5 Å². The predicted octanol–water partition coefficient (Wildman–Crippen LogP) is 5.81. The van der Waals surface area contributed by atoms with Crippen LogP contribution in [0.25, 0.3) is 10.4 Å². The lowest BCUT2D eigenvalue weighted by molar-refractivity contribution is -0.458. The van der Waals surface area contributed by atoms with E-state index >= 15 is 0 Å². The van der Waals surface area contributed by atoms with E-state index in [2.05, 4.69) is 6.58 Å². The number of aliphatic hydroxyl groups is 2. The van der Waals surface area contributed by atoms with Gasteiger partial charge in [0.1, 0.15) is 33.3 Å². The van der Waals surface area contributed by atoms with Gasteiger partial charge in [-0.05, 0) is 78.5 Å². The highest BCUT2D eigenvalue weighted by Gasteiger charge is 2.88. The van der Waals surface area contributed by atoms with Gasteiger partial charge in [0.2, 0.25) is 5.79 Å². The Morgan fingerprint density at radius 3 is 2.46 bits per heavy atom. The summed E-state index contributed by atoms with van der Waals surface area (Å²) in [6, 6.07) is 9.65. The van der Waals surface area contributed by atoms with Crippen LogP contribution < -0.4 is 4.74 Å². The SMILES string of the molecule is C=C1C(=O)[C@]23[C@H](OC(=O)CCC(=O)OCCCOc4ccc(-c5cc(=S)ss5)cc4)[C@H]1CC[C@H]2[C@@]12CO[C@@]3(O)[C@@H](O)[C@@H]1C(C)(C)CC[C@@H]2OC(C)=O. The zero-order valence-electron chi connectivity index (χ0n) is 29.4. The summed E-state index contributed by atoms with van der Waals surface area (Å²) in [4.78, 5) is 53.9. The number of benzene rings is 1. The zero-order valence-corrected chi connectivity index (χ0v) is 31.9. The summed E-state index contributed by atoms with van der Waals surface area (Å²) in [6.07, 6.45) is -1.52. The lowest BCUT2D eigenvalue weighted by atomic mass is 9.35. The summed E-state index contributed by atoms with van der Waals surface area (Å²) in [5.41, 5.74) is -2.11. The third kappa shape index (κ3) is 5.70. The van der Waals surface area contributed by atoms with E-state index < -0.39 is 81.8 Å². The second-order valence-electron chi connectivity index (χ2n) is 15.5. The standard InChI is InChI=1S/C38H44O11S3/c1-20-24-10-11-26-36-19-47-38(44,33(43)31(36)35(3,4)15-14-27(36)48-21(2)39)37(26,32(20)42)34(24)49-29(41)13-12-28(40)46-17-5-16-45-23-8-6-22(7-9-23)25-18-30(50)52-51-25/h6-9,18,24,26-27,31,33-34,43-44H,1,5,10-17,19H2,2-4H3/t24-,26-,27-,31+,33-,34+,36+,37-,38-/m0/s1. The minimum Gasteiger partial charge on any atom is -0.493 e. The minimum absolute atomic E-state index is 0.0280. The van der Waals surface area contributed by atoms with Crippen molar-refractivity contribution in [2.75, 3.05) is 19.8 Å². The molecule has 6 aliphatic rings. The van der Waals surface area contributed by atoms with Crippen molar-refractivity contribution in [3.05, 3.63) is 46.3 Å². The summed E-state index contributed by atoms with van der Waals surface area (Å²) in [6.45, 7) is 9.80. The number of hydrogen-bond acceptors (Lipinski definition) is 14. The van der Waals surface area contributed by atoms with Crippen LogP contribution in [-0.2, 0) is 38.1 Å². The molecule has 0 unspecified atom stereocenters. The number of carbonyl (C=O) groups is 4. The largest absolute Gasteiger partial charge is 0.493 e. The maximum atomic E-state index is 14.4. The van der Waals surface area contributed by atoms with Crippen LogP contribution in [0.2, 0.25) is 0 Å². The monoisotopic (exact) mass is 772 g/mol. The molecular weight excluding hydrogens is 729 g/mol. The third-order valence-electron chi connectivity index (χ3n) is 12.3. The van der Waals surface area contributed by atoms with Crippen molar-refractivity contribution in [3.63, 3.8) is 0 Å². The van der Waals surface area contributed by atoms with Crippen LogP contribution in [0.4, 0.5) is 0 Å². The van der Waals surface area contributed by atoms with Crippen molar-refractivity contribution in [1.82, 2.24) is 0 Å². The molecule has 9 atom stereocenters. The molecule has 2 spiro atoms. The molecule has 11 nitrogen and oxygen atoms in total. The van der Waals surface area contributed by atoms with E-state index in [-0.39, 0.29) is 31.6 Å². The van der Waals surface area contributed by atoms with Gasteiger partial charge in [-0.3, -0.25) is 19.2 Å². The first-order valence-corrected chi connectivity index (χ1v) is 20.4. The van der Waals surface area contributed by atoms with Crippen LogP contribution in [-0.4, -0.2) is 77.8 Å². The van der Waals surface area contributed by atoms with E-state index in [0.717, 1.165) is 14.3 Å². The van der Waals surface area contributed by atoms with Crippen molar-refractivity contribution < 1.29 is 53.1 Å². The molecule has 3 heterocycles. The fourth-order valence-electron chi connectivity index (χ4n) is 10.4. The topological polar surface area (TPSA) is 155 Å². The summed E-state index contributed by atoms with van der Waals surface area (Å²) in [7, 11) is 3.19. The average molecular weight is 773 g/mol. The van der Waals surface area contributed by atoms with Gasteiger partial charge in [0, 0.05) is 35.5 Å². The van der Waals surface area contributed by atoms with Crippen LogP contribution in [0.5, 0.6) is 5.75 Å². The van der Waals surface area contributed by atoms with E-state index in [1.165, 1.54) is 6.92 Å². The van der Waals surface area contributed by atoms with Crippen LogP contribution >= 0.6 is 32.9 Å². The van der Waals surface area contributed by atoms with Gasteiger partial charge in [-0.25, -0.2) is 0 Å². The fraction of sp³-hybridized carbons (Fsp3) is 0.605. The maximum absolute atomic E-state index is 14.4. The molecule has 4 saturated carbocycles. The van der Waals surface area contributed by atoms with E-state index in [1.54, 1.807) is 20.7 Å². The van der Waals surface area contributed by atoms with Crippen molar-refractivity contribution in [2.24, 2.45) is 34.0 Å². The van der Waals surface area contributed by atoms with Crippen LogP contribution in [0.1, 0.15) is 65.7 Å². The Morgan fingerprint density at radius 1 is 1.04 bits per heavy atom. The Balaban J connectivity index is 0.989. The molecule has 4 aliphatic carbocycles. The van der Waals surface area contributed by atoms with E-state index in [4.69, 9.17) is 35.9 Å². The normalized spacial score (nSPS) is 35.3. The first-order chi connectivity index (χ1) is 24.7. The van der Waals surface area contributed by atoms with Crippen molar-refractivity contribution in [2.45, 2.75) is 89.8 Å². The van der Waals surface area contributed by atoms with Gasteiger partial charge in [0.05, 0.1) is 32.7 Å². The van der Waals surface area contributed by atoms with Crippen LogP contribution in [0, 0.1) is 37.8 Å². The summed E-state index contributed by atoms with van der Waals surface area (Å²) in [5, 5.41) is 24.5. The van der Waals surface area contributed by atoms with Gasteiger partial charge in [-0.1, -0.05) is 53.3 Å². The summed E-state index contributed by atoms with van der Waals surface area (Å²) >= 11 is 5.21. The number of Topliss-reactive ketones (excluding diaryl/α,β-unsaturated/α-hetero) is 1. The number of aliphatic hydroxyl groups excluding tert-OH is 1. The molecule has 2 N–H and O–H groups in total. The van der Waals surface area contributed by atoms with E-state index in [1.807, 2.05) is 44.2 Å². The number of hydrogen-bond donors (Lipinski definition) is 2. The highest BCUT2D eigenvalue weighted by atomic mass is 32.9. The molecule has 4 bridgehead atoms. The molecule has 1 aromatic carbocycles. The number of fused-ring (bicyclic) bond motifs is 2. The van der Waals surface area contributed by atoms with Gasteiger partial charge in [-0.2, -0.15) is 0 Å². The van der Waals surface area contributed by atoms with Gasteiger partial charge in [0.25, 0.3) is 0 Å². The second-order valence-corrected chi connectivity index (χ2v) is 18.4. The number of carbonyl (C=O) groups excluding carboxylic acids is 4. The smallest absolute Gasteiger partial charge is 0.306 e. The zero-order chi connectivity index (χ0) is 37.2. The third-order valence-corrected chi connectivity index (χ3v) is 15.2. The highest BCUT2D eigenvalue weighted by Crippen LogP contribution is 2.77. The minimum atomic E-state index is -2.37. The lowest BCUT2D eigenvalue weighted by Gasteiger charge is -2.74. The molecule has 1 aromatic heterocycles. The Morgan fingerprint density at radius 2 is 1.77 bits per heavy atom. The van der Waals surface area contributed by atoms with Crippen molar-refractivity contribution in [1.29, 1.82) is 0 Å². The Labute approximate surface area is 314 Å². The van der Waals surface area contributed by atoms with Gasteiger partial charge >= 0.3 is 17.9 Å². The van der Waals surface area contributed by atoms with Crippen molar-refractivity contribution in [3.8, 4) is 16.2 Å². The van der Waals surface area contributed by atoms with E-state index in [9.17, 15) is 29.4 Å². The number of esters is 3. The summed E-state index contributed by atoms with van der Waals surface area (Å²) < 4.78 is 30.1. The predicted molar refractivity (Wildman–Crippen MR) is 193 cm³/mol. The molecule has 14 heteroatoms. The number of ketones is 1. The molecule has 2 aromatic rings. The molecule has 0 radical (unpaired) electrons. The quantitative estimate of drug-likeness (QED) is 0.0708. The van der Waals surface area contributed by atoms with Gasteiger partial charge in [0.15, 0.2) is 5.78 Å². The molecule has 0 amide bonds. The Kier molecular flexibility index (Phi) is 9.82. The highest BCUT2D eigenvalue weighted by molar-refractivity contribution is 7.80. The first-order valence-electron chi connectivity index (χ1n) is 17.8. The Hall–Kier alpha value is -3.01. The molecule has 2 aliphatic heterocycles. The second kappa shape index (κ2) is 13.7. The molecular formula is C38H44O11S3. The number of ether oxygens (including phenoxy) is 5. The molecule has 280 valence electrons. The number of rotatable bonds is 11. The molecule has 8 rings (SSSR count). The maximum Gasteiger partial charge on any atom is 0.306 e. The fourth-order valence-corrected chi connectivity index (χ4v) is 12.8. The van der Waals surface area contributed by atoms with Crippen molar-refractivity contribution >= 4 is 56.6 Å². The first kappa shape index (κ1) is 37.3. The molecule has 2 saturated heterocycles. The molecule has 6 fully saturated rings. The summed E-state index contributed by atoms with van der Waals surface area (Å²) in [5.74, 6) is -5.83. The van der Waals surface area contributed by atoms with Gasteiger partial charge in [-0.15, -0.1) is 0 Å². The van der Waals surface area contributed by atoms with Crippen LogP contribution in [0.3, 0.4) is 0 Å². The Bertz CT molecular complexity index is 1830. The molecule has 52 heavy (non-hydrogen) atoms. The average Bonchev–Trinajstić information content (AvgIpc) is 3.58. The lowest BCUT2D eigenvalue weighted by Crippen LogP contribution is -2.86. The van der Waals surface area contributed by atoms with Gasteiger partial charge < -0.3 is 33.9 Å². The van der Waals surface area contributed by atoms with Crippen LogP contribution in [0.15, 0.2) is 42.5 Å².